The summed E-state index contributed by atoms with van der Waals surface area (Å²) in [5.41, 5.74) is 1.42. The molecule has 0 saturated heterocycles. The zero-order valence-electron chi connectivity index (χ0n) is 16.2. The maximum Gasteiger partial charge on any atom is 0.408 e. The monoisotopic (exact) mass is 400 g/mol. The van der Waals surface area contributed by atoms with E-state index in [0.717, 1.165) is 18.4 Å². The van der Waals surface area contributed by atoms with Gasteiger partial charge in [0.05, 0.1) is 4.92 Å². The average molecular weight is 400 g/mol. The van der Waals surface area contributed by atoms with E-state index >= 15 is 0 Å². The summed E-state index contributed by atoms with van der Waals surface area (Å²) >= 11 is 0. The minimum atomic E-state index is -0.823. The Bertz CT molecular complexity index is 808. The van der Waals surface area contributed by atoms with Crippen LogP contribution in [0.4, 0.5) is 10.5 Å². The predicted molar refractivity (Wildman–Crippen MR) is 106 cm³/mol. The topological polar surface area (TPSA) is 108 Å². The molecule has 0 radical (unpaired) electrons. The van der Waals surface area contributed by atoms with Crippen molar-refractivity contribution in [1.82, 2.24) is 5.32 Å². The number of benzene rings is 2. The number of carbonyl (C=O) groups is 2. The Morgan fingerprint density at radius 1 is 1.00 bits per heavy atom. The predicted octanol–water partition coefficient (Wildman–Crippen LogP) is 4.12. The second kappa shape index (κ2) is 11.4. The highest BCUT2D eigenvalue weighted by Crippen LogP contribution is 2.13. The summed E-state index contributed by atoms with van der Waals surface area (Å²) in [6.45, 7) is 2.04. The van der Waals surface area contributed by atoms with Gasteiger partial charge in [0.2, 0.25) is 0 Å². The van der Waals surface area contributed by atoms with Crippen LogP contribution in [-0.2, 0) is 27.5 Å². The molecule has 1 N–H and O–H groups in total. The molecule has 1 amide bonds. The van der Waals surface area contributed by atoms with Crippen LogP contribution < -0.4 is 5.32 Å². The van der Waals surface area contributed by atoms with Crippen molar-refractivity contribution in [1.29, 1.82) is 0 Å². The number of amides is 1. The standard InChI is InChI=1S/C21H24N2O6/c1-2-3-9-19(22-21(25)29-15-16-7-5-4-6-8-16)20(24)28-14-17-10-12-18(13-11-17)23(26)27/h4-8,10-13,19H,2-3,9,14-15H2,1H3,(H,22,25). The number of carbonyl (C=O) groups excluding carboxylic acids is 2. The summed E-state index contributed by atoms with van der Waals surface area (Å²) in [4.78, 5) is 34.7. The number of hydrogen-bond donors (Lipinski definition) is 1. The van der Waals surface area contributed by atoms with Gasteiger partial charge < -0.3 is 14.8 Å². The number of non-ortho nitro benzene ring substituents is 1. The summed E-state index contributed by atoms with van der Waals surface area (Å²) in [6, 6.07) is 14.1. The smallest absolute Gasteiger partial charge is 0.408 e. The van der Waals surface area contributed by atoms with Crippen molar-refractivity contribution in [3.05, 3.63) is 75.8 Å². The molecule has 2 rings (SSSR count). The van der Waals surface area contributed by atoms with Gasteiger partial charge in [-0.1, -0.05) is 50.1 Å². The Kier molecular flexibility index (Phi) is 8.62. The molecule has 0 fully saturated rings. The summed E-state index contributed by atoms with van der Waals surface area (Å²) in [7, 11) is 0. The van der Waals surface area contributed by atoms with Gasteiger partial charge in [-0.05, 0) is 29.7 Å². The lowest BCUT2D eigenvalue weighted by Crippen LogP contribution is -2.42. The lowest BCUT2D eigenvalue weighted by atomic mass is 10.1. The number of nitro benzene ring substituents is 1. The first-order valence-electron chi connectivity index (χ1n) is 9.36. The molecule has 1 atom stereocenters. The van der Waals surface area contributed by atoms with Crippen molar-refractivity contribution in [3.63, 3.8) is 0 Å². The molecule has 0 heterocycles. The number of nitrogens with zero attached hydrogens (tertiary/aromatic N) is 1. The number of nitro groups is 1. The second-order valence-electron chi connectivity index (χ2n) is 6.43. The first kappa shape index (κ1) is 21.9. The third kappa shape index (κ3) is 7.61. The number of nitrogens with one attached hydrogen (secondary N) is 1. The molecule has 0 spiro atoms. The van der Waals surface area contributed by atoms with Crippen molar-refractivity contribution in [2.75, 3.05) is 0 Å². The largest absolute Gasteiger partial charge is 0.459 e. The maximum atomic E-state index is 12.4. The van der Waals surface area contributed by atoms with Crippen molar-refractivity contribution in [3.8, 4) is 0 Å². The minimum Gasteiger partial charge on any atom is -0.459 e. The fourth-order valence-electron chi connectivity index (χ4n) is 2.53. The molecule has 2 aromatic carbocycles. The number of ether oxygens (including phenoxy) is 2. The van der Waals surface area contributed by atoms with Crippen molar-refractivity contribution in [2.45, 2.75) is 45.4 Å². The first-order valence-corrected chi connectivity index (χ1v) is 9.36. The van der Waals surface area contributed by atoms with Crippen LogP contribution in [0.5, 0.6) is 0 Å². The molecular weight excluding hydrogens is 376 g/mol. The fraction of sp³-hybridized carbons (Fsp3) is 0.333. The third-order valence-electron chi connectivity index (χ3n) is 4.16. The zero-order chi connectivity index (χ0) is 21.1. The summed E-state index contributed by atoms with van der Waals surface area (Å²) in [6.07, 6.45) is 1.32. The Morgan fingerprint density at radius 3 is 2.24 bits per heavy atom. The fourth-order valence-corrected chi connectivity index (χ4v) is 2.53. The molecule has 0 aliphatic heterocycles. The normalized spacial score (nSPS) is 11.3. The van der Waals surface area contributed by atoms with Crippen LogP contribution in [-0.4, -0.2) is 23.0 Å². The number of esters is 1. The van der Waals surface area contributed by atoms with Gasteiger partial charge in [-0.25, -0.2) is 9.59 Å². The minimum absolute atomic E-state index is 0.0382. The van der Waals surface area contributed by atoms with Gasteiger partial charge in [0.25, 0.3) is 5.69 Å². The van der Waals surface area contributed by atoms with Crippen molar-refractivity contribution in [2.24, 2.45) is 0 Å². The van der Waals surface area contributed by atoms with E-state index in [1.54, 1.807) is 0 Å². The highest BCUT2D eigenvalue weighted by Gasteiger charge is 2.22. The molecule has 0 bridgehead atoms. The van der Waals surface area contributed by atoms with E-state index < -0.39 is 23.0 Å². The molecule has 2 aromatic rings. The van der Waals surface area contributed by atoms with Crippen molar-refractivity contribution < 1.29 is 24.0 Å². The number of alkyl carbamates (subject to hydrolysis) is 1. The zero-order valence-corrected chi connectivity index (χ0v) is 16.2. The lowest BCUT2D eigenvalue weighted by molar-refractivity contribution is -0.384. The molecule has 29 heavy (non-hydrogen) atoms. The summed E-state index contributed by atoms with van der Waals surface area (Å²) < 4.78 is 10.4. The van der Waals surface area contributed by atoms with Crippen molar-refractivity contribution >= 4 is 17.7 Å². The van der Waals surface area contributed by atoms with E-state index in [-0.39, 0.29) is 18.9 Å². The molecule has 154 valence electrons. The molecule has 0 aliphatic carbocycles. The molecule has 1 unspecified atom stereocenters. The van der Waals surface area contributed by atoms with Crippen LogP contribution in [0.2, 0.25) is 0 Å². The van der Waals surface area contributed by atoms with E-state index in [4.69, 9.17) is 9.47 Å². The highest BCUT2D eigenvalue weighted by molar-refractivity contribution is 5.81. The van der Waals surface area contributed by atoms with Crippen LogP contribution in [0.25, 0.3) is 0 Å². The average Bonchev–Trinajstić information content (AvgIpc) is 2.74. The van der Waals surface area contributed by atoms with E-state index in [2.05, 4.69) is 5.32 Å². The van der Waals surface area contributed by atoms with Crippen LogP contribution in [0, 0.1) is 10.1 Å². The first-order chi connectivity index (χ1) is 14.0. The maximum absolute atomic E-state index is 12.4. The van der Waals surface area contributed by atoms with Gasteiger partial charge in [-0.15, -0.1) is 0 Å². The van der Waals surface area contributed by atoms with E-state index in [1.807, 2.05) is 37.3 Å². The Balaban J connectivity index is 1.87. The Labute approximate surface area is 169 Å². The quantitative estimate of drug-likeness (QED) is 0.365. The van der Waals surface area contributed by atoms with Crippen LogP contribution in [0.1, 0.15) is 37.3 Å². The number of rotatable bonds is 10. The third-order valence-corrected chi connectivity index (χ3v) is 4.16. The molecular formula is C21H24N2O6. The van der Waals surface area contributed by atoms with Crippen LogP contribution >= 0.6 is 0 Å². The van der Waals surface area contributed by atoms with Gasteiger partial charge >= 0.3 is 12.1 Å². The van der Waals surface area contributed by atoms with E-state index in [0.29, 0.717) is 12.0 Å². The molecule has 8 nitrogen and oxygen atoms in total. The van der Waals surface area contributed by atoms with Gasteiger partial charge in [-0.2, -0.15) is 0 Å². The van der Waals surface area contributed by atoms with E-state index in [1.165, 1.54) is 24.3 Å². The second-order valence-corrected chi connectivity index (χ2v) is 6.43. The Morgan fingerprint density at radius 2 is 1.62 bits per heavy atom. The highest BCUT2D eigenvalue weighted by atomic mass is 16.6. The van der Waals surface area contributed by atoms with Gasteiger partial charge in [-0.3, -0.25) is 10.1 Å². The van der Waals surface area contributed by atoms with E-state index in [9.17, 15) is 19.7 Å². The number of hydrogen-bond acceptors (Lipinski definition) is 6. The van der Waals surface area contributed by atoms with Gasteiger partial charge in [0, 0.05) is 12.1 Å². The SMILES string of the molecule is CCCCC(NC(=O)OCc1ccccc1)C(=O)OCc1ccc([N+](=O)[O-])cc1. The number of unbranched alkanes of at least 4 members (excludes halogenated alkanes) is 1. The van der Waals surface area contributed by atoms with Crippen LogP contribution in [0.15, 0.2) is 54.6 Å². The van der Waals surface area contributed by atoms with Gasteiger partial charge in [0.15, 0.2) is 0 Å². The Hall–Kier alpha value is -3.42. The molecule has 0 aromatic heterocycles. The summed E-state index contributed by atoms with van der Waals surface area (Å²) in [5, 5.41) is 13.2. The van der Waals surface area contributed by atoms with Crippen LogP contribution in [0.3, 0.4) is 0 Å². The molecule has 0 aliphatic rings. The summed E-state index contributed by atoms with van der Waals surface area (Å²) in [5.74, 6) is -0.575. The lowest BCUT2D eigenvalue weighted by Gasteiger charge is -2.17. The molecule has 0 saturated carbocycles. The van der Waals surface area contributed by atoms with Gasteiger partial charge in [0.1, 0.15) is 19.3 Å². The molecule has 8 heteroatoms.